The summed E-state index contributed by atoms with van der Waals surface area (Å²) in [5.41, 5.74) is 3.32. The van der Waals surface area contributed by atoms with Crippen LogP contribution in [0.25, 0.3) is 16.7 Å². The number of alkyl halides is 1. The predicted molar refractivity (Wildman–Crippen MR) is 87.9 cm³/mol. The molecule has 0 bridgehead atoms. The third-order valence-corrected chi connectivity index (χ3v) is 4.10. The van der Waals surface area contributed by atoms with Gasteiger partial charge in [-0.3, -0.25) is 4.57 Å². The Morgan fingerprint density at radius 3 is 2.86 bits per heavy atom. The van der Waals surface area contributed by atoms with Gasteiger partial charge in [0, 0.05) is 16.8 Å². The van der Waals surface area contributed by atoms with Gasteiger partial charge in [-0.2, -0.15) is 0 Å². The standard InChI is InChI=1S/C16H13BrClFN2/c1-10-3-2-4-13-16(10)21(15(20-13)7-8-18)14-9-11(17)5-6-12(14)19/h2-6,9H,7-8H2,1H3. The van der Waals surface area contributed by atoms with Crippen molar-refractivity contribution in [2.75, 3.05) is 5.88 Å². The first-order chi connectivity index (χ1) is 10.1. The van der Waals surface area contributed by atoms with Crippen LogP contribution in [-0.2, 0) is 6.42 Å². The maximum Gasteiger partial charge on any atom is 0.147 e. The molecule has 0 aliphatic heterocycles. The average molecular weight is 368 g/mol. The minimum atomic E-state index is -0.281. The second-order valence-electron chi connectivity index (χ2n) is 4.84. The van der Waals surface area contributed by atoms with Gasteiger partial charge in [0.05, 0.1) is 16.7 Å². The van der Waals surface area contributed by atoms with Crippen molar-refractivity contribution >= 4 is 38.6 Å². The van der Waals surface area contributed by atoms with Crippen LogP contribution in [-0.4, -0.2) is 15.4 Å². The van der Waals surface area contributed by atoms with Crippen molar-refractivity contribution in [2.24, 2.45) is 0 Å². The first-order valence-electron chi connectivity index (χ1n) is 6.60. The lowest BCUT2D eigenvalue weighted by Crippen LogP contribution is -2.05. The van der Waals surface area contributed by atoms with Gasteiger partial charge in [-0.25, -0.2) is 9.37 Å². The van der Waals surface area contributed by atoms with Crippen LogP contribution in [0.1, 0.15) is 11.4 Å². The van der Waals surface area contributed by atoms with E-state index in [1.807, 2.05) is 29.7 Å². The highest BCUT2D eigenvalue weighted by Crippen LogP contribution is 2.28. The summed E-state index contributed by atoms with van der Waals surface area (Å²) in [7, 11) is 0. The van der Waals surface area contributed by atoms with Crippen LogP contribution in [0.15, 0.2) is 40.9 Å². The molecular formula is C16H13BrClFN2. The monoisotopic (exact) mass is 366 g/mol. The highest BCUT2D eigenvalue weighted by molar-refractivity contribution is 9.10. The van der Waals surface area contributed by atoms with E-state index in [9.17, 15) is 4.39 Å². The number of aryl methyl sites for hydroxylation is 2. The number of hydrogen-bond donors (Lipinski definition) is 0. The molecule has 1 heterocycles. The van der Waals surface area contributed by atoms with E-state index in [0.717, 1.165) is 26.9 Å². The molecule has 0 radical (unpaired) electrons. The quantitative estimate of drug-likeness (QED) is 0.595. The van der Waals surface area contributed by atoms with Crippen molar-refractivity contribution in [3.63, 3.8) is 0 Å². The van der Waals surface area contributed by atoms with Crippen LogP contribution >= 0.6 is 27.5 Å². The molecule has 2 nitrogen and oxygen atoms in total. The number of para-hydroxylation sites is 1. The smallest absolute Gasteiger partial charge is 0.147 e. The van der Waals surface area contributed by atoms with Crippen LogP contribution in [0.3, 0.4) is 0 Å². The Hall–Kier alpha value is -1.39. The Kier molecular flexibility index (Phi) is 4.00. The topological polar surface area (TPSA) is 17.8 Å². The van der Waals surface area contributed by atoms with E-state index in [-0.39, 0.29) is 5.82 Å². The molecule has 0 saturated heterocycles. The largest absolute Gasteiger partial charge is 0.293 e. The van der Waals surface area contributed by atoms with E-state index in [4.69, 9.17) is 11.6 Å². The summed E-state index contributed by atoms with van der Waals surface area (Å²) < 4.78 is 17.0. The van der Waals surface area contributed by atoms with Gasteiger partial charge in [0.25, 0.3) is 0 Å². The molecule has 3 rings (SSSR count). The molecule has 1 aromatic heterocycles. The summed E-state index contributed by atoms with van der Waals surface area (Å²) in [5.74, 6) is 0.931. The maximum absolute atomic E-state index is 14.3. The van der Waals surface area contributed by atoms with Crippen molar-refractivity contribution in [3.05, 3.63) is 58.1 Å². The third kappa shape index (κ3) is 2.58. The normalized spacial score (nSPS) is 11.2. The van der Waals surface area contributed by atoms with Gasteiger partial charge >= 0.3 is 0 Å². The highest BCUT2D eigenvalue weighted by Gasteiger charge is 2.16. The molecule has 0 fully saturated rings. The van der Waals surface area contributed by atoms with Crippen molar-refractivity contribution in [1.29, 1.82) is 0 Å². The molecule has 0 unspecified atom stereocenters. The lowest BCUT2D eigenvalue weighted by molar-refractivity contribution is 0.616. The molecule has 0 N–H and O–H groups in total. The second-order valence-corrected chi connectivity index (χ2v) is 6.13. The summed E-state index contributed by atoms with van der Waals surface area (Å²) in [6, 6.07) is 10.8. The first-order valence-corrected chi connectivity index (χ1v) is 7.93. The van der Waals surface area contributed by atoms with Crippen LogP contribution < -0.4 is 0 Å². The number of rotatable bonds is 3. The maximum atomic E-state index is 14.3. The SMILES string of the molecule is Cc1cccc2nc(CCCl)n(-c3cc(Br)ccc3F)c12. The molecular weight excluding hydrogens is 355 g/mol. The molecule has 5 heteroatoms. The van der Waals surface area contributed by atoms with Gasteiger partial charge in [-0.15, -0.1) is 11.6 Å². The van der Waals surface area contributed by atoms with E-state index < -0.39 is 0 Å². The number of imidazole rings is 1. The summed E-state index contributed by atoms with van der Waals surface area (Å²) in [4.78, 5) is 4.61. The Labute approximate surface area is 135 Å². The van der Waals surface area contributed by atoms with Crippen molar-refractivity contribution < 1.29 is 4.39 Å². The summed E-state index contributed by atoms with van der Waals surface area (Å²) >= 11 is 9.28. The highest BCUT2D eigenvalue weighted by atomic mass is 79.9. The molecule has 0 aliphatic rings. The molecule has 3 aromatic rings. The molecule has 0 aliphatic carbocycles. The molecule has 0 saturated carbocycles. The fraction of sp³-hybridized carbons (Fsp3) is 0.188. The number of halogens is 3. The van der Waals surface area contributed by atoms with Gasteiger partial charge in [0.2, 0.25) is 0 Å². The Bertz CT molecular complexity index is 813. The lowest BCUT2D eigenvalue weighted by Gasteiger charge is -2.11. The number of fused-ring (bicyclic) bond motifs is 1. The van der Waals surface area contributed by atoms with Crippen LogP contribution in [0.5, 0.6) is 0 Å². The van der Waals surface area contributed by atoms with Gasteiger partial charge in [0.15, 0.2) is 0 Å². The summed E-state index contributed by atoms with van der Waals surface area (Å²) in [6.45, 7) is 2.00. The van der Waals surface area contributed by atoms with E-state index in [1.165, 1.54) is 6.07 Å². The predicted octanol–water partition coefficient (Wildman–Crippen LogP) is 5.02. The van der Waals surface area contributed by atoms with E-state index in [2.05, 4.69) is 20.9 Å². The van der Waals surface area contributed by atoms with E-state index >= 15 is 0 Å². The zero-order valence-electron chi connectivity index (χ0n) is 11.4. The molecule has 108 valence electrons. The van der Waals surface area contributed by atoms with Gasteiger partial charge in [-0.1, -0.05) is 28.1 Å². The van der Waals surface area contributed by atoms with Crippen LogP contribution in [0.2, 0.25) is 0 Å². The van der Waals surface area contributed by atoms with Gasteiger partial charge < -0.3 is 0 Å². The van der Waals surface area contributed by atoms with E-state index in [0.29, 0.717) is 18.0 Å². The van der Waals surface area contributed by atoms with Gasteiger partial charge in [-0.05, 0) is 36.8 Å². The fourth-order valence-corrected chi connectivity index (χ4v) is 3.03. The Balaban J connectivity index is 2.38. The fourth-order valence-electron chi connectivity index (χ4n) is 2.51. The minimum absolute atomic E-state index is 0.281. The minimum Gasteiger partial charge on any atom is -0.293 e. The molecule has 0 atom stereocenters. The first kappa shape index (κ1) is 14.5. The Morgan fingerprint density at radius 2 is 2.10 bits per heavy atom. The van der Waals surface area contributed by atoms with Crippen molar-refractivity contribution in [2.45, 2.75) is 13.3 Å². The van der Waals surface area contributed by atoms with Crippen molar-refractivity contribution in [1.82, 2.24) is 9.55 Å². The zero-order valence-corrected chi connectivity index (χ0v) is 13.7. The molecule has 2 aromatic carbocycles. The number of benzene rings is 2. The number of hydrogen-bond acceptors (Lipinski definition) is 1. The Morgan fingerprint density at radius 1 is 1.29 bits per heavy atom. The molecule has 0 spiro atoms. The second kappa shape index (κ2) is 5.78. The number of nitrogens with zero attached hydrogens (tertiary/aromatic N) is 2. The van der Waals surface area contributed by atoms with Crippen LogP contribution in [0.4, 0.5) is 4.39 Å². The zero-order chi connectivity index (χ0) is 15.0. The van der Waals surface area contributed by atoms with Crippen LogP contribution in [0, 0.1) is 12.7 Å². The number of aromatic nitrogens is 2. The van der Waals surface area contributed by atoms with E-state index in [1.54, 1.807) is 12.1 Å². The molecule has 21 heavy (non-hydrogen) atoms. The van der Waals surface area contributed by atoms with Crippen molar-refractivity contribution in [3.8, 4) is 5.69 Å². The average Bonchev–Trinajstić information content (AvgIpc) is 2.81. The van der Waals surface area contributed by atoms with Gasteiger partial charge in [0.1, 0.15) is 11.6 Å². The molecule has 0 amide bonds. The summed E-state index contributed by atoms with van der Waals surface area (Å²) in [6.07, 6.45) is 0.585. The summed E-state index contributed by atoms with van der Waals surface area (Å²) in [5, 5.41) is 0. The third-order valence-electron chi connectivity index (χ3n) is 3.41. The lowest BCUT2D eigenvalue weighted by atomic mass is 10.2.